The predicted molar refractivity (Wildman–Crippen MR) is 156 cm³/mol. The van der Waals surface area contributed by atoms with Gasteiger partial charge in [0.05, 0.1) is 23.9 Å². The van der Waals surface area contributed by atoms with Gasteiger partial charge in [-0.3, -0.25) is 19.9 Å². The standard InChI is InChI=1S/C31H29ClFN5O4/c1-36-28(38-13-12-27(39)35-31(38)40)15-34-30(36)20-8-9-21-17-37(26(18-41-2)23(21)14-20)16-19-6-10-22(11-7-19)42-29-24(32)4-3-5-25(29)33/h3-11,14-15,26H,12-13,16-18H2,1-2H3,(H,35,39,40)/t26-/m1/s1. The highest BCUT2D eigenvalue weighted by atomic mass is 35.5. The van der Waals surface area contributed by atoms with Gasteiger partial charge < -0.3 is 14.0 Å². The minimum absolute atomic E-state index is 0.00648. The van der Waals surface area contributed by atoms with Gasteiger partial charge in [-0.05, 0) is 47.0 Å². The molecule has 0 saturated carbocycles. The first-order chi connectivity index (χ1) is 20.3. The highest BCUT2D eigenvalue weighted by Crippen LogP contribution is 2.38. The molecule has 11 heteroatoms. The van der Waals surface area contributed by atoms with Crippen molar-refractivity contribution in [3.63, 3.8) is 0 Å². The molecule has 0 radical (unpaired) electrons. The van der Waals surface area contributed by atoms with Gasteiger partial charge in [0.1, 0.15) is 17.4 Å². The molecule has 0 spiro atoms. The second-order valence-corrected chi connectivity index (χ2v) is 10.7. The Balaban J connectivity index is 1.20. The summed E-state index contributed by atoms with van der Waals surface area (Å²) >= 11 is 6.10. The van der Waals surface area contributed by atoms with Gasteiger partial charge in [0, 0.05) is 45.8 Å². The fourth-order valence-electron chi connectivity index (χ4n) is 5.53. The minimum atomic E-state index is -0.515. The van der Waals surface area contributed by atoms with Crippen LogP contribution in [-0.4, -0.2) is 46.7 Å². The Kier molecular flexibility index (Phi) is 7.68. The molecule has 0 unspecified atom stereocenters. The molecule has 4 aromatic rings. The number of imidazole rings is 1. The van der Waals surface area contributed by atoms with E-state index in [1.165, 1.54) is 22.6 Å². The molecule has 1 saturated heterocycles. The molecular formula is C31H29ClFN5O4. The zero-order valence-corrected chi connectivity index (χ0v) is 23.9. The molecule has 2 aliphatic heterocycles. The number of aromatic nitrogens is 2. The van der Waals surface area contributed by atoms with E-state index in [-0.39, 0.29) is 29.1 Å². The van der Waals surface area contributed by atoms with Gasteiger partial charge in [-0.25, -0.2) is 14.2 Å². The molecule has 42 heavy (non-hydrogen) atoms. The highest BCUT2D eigenvalue weighted by molar-refractivity contribution is 6.32. The van der Waals surface area contributed by atoms with Crippen molar-refractivity contribution >= 4 is 29.4 Å². The molecule has 1 fully saturated rings. The first-order valence-corrected chi connectivity index (χ1v) is 13.9. The van der Waals surface area contributed by atoms with Gasteiger partial charge >= 0.3 is 6.03 Å². The molecule has 0 bridgehead atoms. The number of rotatable bonds is 8. The number of ether oxygens (including phenoxy) is 2. The number of hydrogen-bond donors (Lipinski definition) is 1. The minimum Gasteiger partial charge on any atom is -0.453 e. The first kappa shape index (κ1) is 27.9. The Morgan fingerprint density at radius 1 is 1.12 bits per heavy atom. The molecule has 1 N–H and O–H groups in total. The molecule has 216 valence electrons. The van der Waals surface area contributed by atoms with Crippen molar-refractivity contribution < 1.29 is 23.5 Å². The average molecular weight is 590 g/mol. The third-order valence-corrected chi connectivity index (χ3v) is 7.94. The van der Waals surface area contributed by atoms with Gasteiger partial charge in [0.2, 0.25) is 5.91 Å². The average Bonchev–Trinajstić information content (AvgIpc) is 3.51. The Morgan fingerprint density at radius 2 is 1.93 bits per heavy atom. The molecule has 1 atom stereocenters. The summed E-state index contributed by atoms with van der Waals surface area (Å²) in [5.41, 5.74) is 4.36. The number of anilines is 1. The SMILES string of the molecule is COC[C@@H]1c2cc(-c3ncc(N4CCC(=O)NC4=O)n3C)ccc2CN1Cc1ccc(Oc2c(F)cccc2Cl)cc1. The second-order valence-electron chi connectivity index (χ2n) is 10.3. The number of carbonyl (C=O) groups excluding carboxylic acids is 2. The van der Waals surface area contributed by atoms with Crippen LogP contribution in [0.25, 0.3) is 11.4 Å². The number of para-hydroxylation sites is 1. The van der Waals surface area contributed by atoms with E-state index in [1.807, 2.05) is 41.9 Å². The largest absolute Gasteiger partial charge is 0.453 e. The van der Waals surface area contributed by atoms with Crippen LogP contribution in [0.15, 0.2) is 66.9 Å². The number of hydrogen-bond acceptors (Lipinski definition) is 6. The lowest BCUT2D eigenvalue weighted by Crippen LogP contribution is -2.50. The molecule has 3 heterocycles. The van der Waals surface area contributed by atoms with E-state index in [0.29, 0.717) is 31.3 Å². The molecule has 6 rings (SSSR count). The van der Waals surface area contributed by atoms with Crippen molar-refractivity contribution in [3.8, 4) is 22.9 Å². The fourth-order valence-corrected chi connectivity index (χ4v) is 5.73. The normalized spacial score (nSPS) is 17.0. The van der Waals surface area contributed by atoms with Crippen molar-refractivity contribution in [1.29, 1.82) is 0 Å². The summed E-state index contributed by atoms with van der Waals surface area (Å²) in [6, 6.07) is 17.8. The van der Waals surface area contributed by atoms with Gasteiger partial charge in [-0.2, -0.15) is 0 Å². The number of methoxy groups -OCH3 is 1. The molecule has 9 nitrogen and oxygen atoms in total. The summed E-state index contributed by atoms with van der Waals surface area (Å²) in [4.78, 5) is 32.5. The maximum Gasteiger partial charge on any atom is 0.329 e. The summed E-state index contributed by atoms with van der Waals surface area (Å²) in [6.07, 6.45) is 1.90. The van der Waals surface area contributed by atoms with Gasteiger partial charge in [0.25, 0.3) is 0 Å². The summed E-state index contributed by atoms with van der Waals surface area (Å²) in [5.74, 6) is 1.05. The number of fused-ring (bicyclic) bond motifs is 1. The van der Waals surface area contributed by atoms with E-state index in [2.05, 4.69) is 27.3 Å². The maximum absolute atomic E-state index is 14.1. The molecular weight excluding hydrogens is 561 g/mol. The van der Waals surface area contributed by atoms with Crippen molar-refractivity contribution in [2.75, 3.05) is 25.2 Å². The number of nitrogens with one attached hydrogen (secondary N) is 1. The van der Waals surface area contributed by atoms with Crippen molar-refractivity contribution in [2.45, 2.75) is 25.6 Å². The summed E-state index contributed by atoms with van der Waals surface area (Å²) in [7, 11) is 3.56. The van der Waals surface area contributed by atoms with Crippen LogP contribution < -0.4 is 15.0 Å². The van der Waals surface area contributed by atoms with Crippen LogP contribution in [-0.2, 0) is 29.7 Å². The number of amides is 3. The van der Waals surface area contributed by atoms with Gasteiger partial charge in [-0.15, -0.1) is 0 Å². The van der Waals surface area contributed by atoms with Gasteiger partial charge in [-0.1, -0.05) is 41.9 Å². The third kappa shape index (κ3) is 5.36. The Morgan fingerprint density at radius 3 is 2.67 bits per heavy atom. The zero-order chi connectivity index (χ0) is 29.4. The number of imide groups is 1. The Hall–Kier alpha value is -4.25. The topological polar surface area (TPSA) is 88.9 Å². The second kappa shape index (κ2) is 11.6. The first-order valence-electron chi connectivity index (χ1n) is 13.5. The lowest BCUT2D eigenvalue weighted by atomic mass is 10.0. The van der Waals surface area contributed by atoms with Crippen LogP contribution in [0.3, 0.4) is 0 Å². The number of benzene rings is 3. The van der Waals surface area contributed by atoms with E-state index in [0.717, 1.165) is 29.1 Å². The van der Waals surface area contributed by atoms with Crippen molar-refractivity contribution in [1.82, 2.24) is 19.8 Å². The highest BCUT2D eigenvalue weighted by Gasteiger charge is 2.32. The monoisotopic (exact) mass is 589 g/mol. The van der Waals surface area contributed by atoms with Crippen LogP contribution in [0.2, 0.25) is 5.02 Å². The predicted octanol–water partition coefficient (Wildman–Crippen LogP) is 5.82. The van der Waals surface area contributed by atoms with Crippen LogP contribution in [0.4, 0.5) is 15.0 Å². The summed E-state index contributed by atoms with van der Waals surface area (Å²) < 4.78 is 27.3. The zero-order valence-electron chi connectivity index (χ0n) is 23.1. The van der Waals surface area contributed by atoms with Crippen LogP contribution >= 0.6 is 11.6 Å². The van der Waals surface area contributed by atoms with E-state index in [1.54, 1.807) is 19.4 Å². The van der Waals surface area contributed by atoms with Crippen molar-refractivity contribution in [2.24, 2.45) is 7.05 Å². The van der Waals surface area contributed by atoms with E-state index in [4.69, 9.17) is 21.1 Å². The molecule has 3 amide bonds. The summed E-state index contributed by atoms with van der Waals surface area (Å²) in [5, 5.41) is 2.57. The van der Waals surface area contributed by atoms with E-state index >= 15 is 0 Å². The summed E-state index contributed by atoms with van der Waals surface area (Å²) in [6.45, 7) is 2.24. The van der Waals surface area contributed by atoms with Gasteiger partial charge in [0.15, 0.2) is 11.6 Å². The van der Waals surface area contributed by atoms with Crippen LogP contribution in [0.1, 0.15) is 29.2 Å². The molecule has 0 aliphatic carbocycles. The smallest absolute Gasteiger partial charge is 0.329 e. The van der Waals surface area contributed by atoms with E-state index in [9.17, 15) is 14.0 Å². The maximum atomic E-state index is 14.1. The third-order valence-electron chi connectivity index (χ3n) is 7.64. The van der Waals surface area contributed by atoms with Crippen molar-refractivity contribution in [3.05, 3.63) is 94.4 Å². The number of carbonyl (C=O) groups is 2. The van der Waals surface area contributed by atoms with Crippen LogP contribution in [0.5, 0.6) is 11.5 Å². The Labute approximate surface area is 247 Å². The Bertz CT molecular complexity index is 1640. The number of nitrogens with zero attached hydrogens (tertiary/aromatic N) is 4. The molecule has 2 aliphatic rings. The number of urea groups is 1. The quantitative estimate of drug-likeness (QED) is 0.279. The molecule has 3 aromatic carbocycles. The van der Waals surface area contributed by atoms with E-state index < -0.39 is 11.8 Å². The molecule has 1 aromatic heterocycles. The van der Waals surface area contributed by atoms with Crippen LogP contribution in [0, 0.1) is 5.82 Å². The number of halogens is 2. The lowest BCUT2D eigenvalue weighted by Gasteiger charge is -2.26. The fraction of sp³-hybridized carbons (Fsp3) is 0.258. The lowest BCUT2D eigenvalue weighted by molar-refractivity contribution is -0.120.